The second-order valence-electron chi connectivity index (χ2n) is 3.52. The zero-order valence-electron chi connectivity index (χ0n) is 8.59. The van der Waals surface area contributed by atoms with Crippen LogP contribution < -0.4 is 0 Å². The van der Waals surface area contributed by atoms with Crippen LogP contribution in [-0.4, -0.2) is 10.8 Å². The molecule has 1 rings (SSSR count). The zero-order chi connectivity index (χ0) is 10.4. The molecule has 76 valence electrons. The van der Waals surface area contributed by atoms with Crippen LogP contribution in [0.15, 0.2) is 24.3 Å². The van der Waals surface area contributed by atoms with E-state index in [2.05, 4.69) is 6.92 Å². The number of aromatic hydroxyl groups is 1. The molecule has 0 aliphatic rings. The first-order valence-corrected chi connectivity index (χ1v) is 5.06. The van der Waals surface area contributed by atoms with E-state index in [1.54, 1.807) is 12.1 Å². The van der Waals surface area contributed by atoms with Gasteiger partial charge in [0.2, 0.25) is 0 Å². The topological polar surface area (TPSA) is 44.1 Å². The molecule has 1 aromatic carbocycles. The van der Waals surface area contributed by atoms with Crippen LogP contribution >= 0.6 is 0 Å². The molecule has 1 aromatic rings. The van der Waals surface area contributed by atoms with Crippen LogP contribution in [0.2, 0.25) is 0 Å². The van der Waals surface area contributed by atoms with Crippen LogP contribution in [0.4, 0.5) is 0 Å². The number of hydrogen-bond donors (Lipinski definition) is 2. The van der Waals surface area contributed by atoms with Crippen molar-refractivity contribution < 1.29 is 5.11 Å². The summed E-state index contributed by atoms with van der Waals surface area (Å²) in [6.07, 6.45) is 3.68. The maximum absolute atomic E-state index is 9.08. The van der Waals surface area contributed by atoms with E-state index in [1.807, 2.05) is 12.1 Å². The molecule has 0 unspecified atom stereocenters. The van der Waals surface area contributed by atoms with Crippen molar-refractivity contribution in [1.29, 1.82) is 5.41 Å². The van der Waals surface area contributed by atoms with Gasteiger partial charge < -0.3 is 10.5 Å². The first-order chi connectivity index (χ1) is 6.72. The highest BCUT2D eigenvalue weighted by atomic mass is 16.3. The molecule has 0 atom stereocenters. The van der Waals surface area contributed by atoms with Gasteiger partial charge in [0.15, 0.2) is 0 Å². The second kappa shape index (κ2) is 5.43. The molecule has 0 heterocycles. The normalized spacial score (nSPS) is 10.1. The molecule has 2 heteroatoms. The number of phenols is 1. The van der Waals surface area contributed by atoms with Crippen molar-refractivity contribution in [3.05, 3.63) is 29.8 Å². The minimum atomic E-state index is 0.303. The molecule has 0 saturated carbocycles. The van der Waals surface area contributed by atoms with Gasteiger partial charge in [-0.3, -0.25) is 0 Å². The van der Waals surface area contributed by atoms with Gasteiger partial charge in [-0.15, -0.1) is 0 Å². The Bertz CT molecular complexity index is 290. The van der Waals surface area contributed by atoms with Crippen LogP contribution in [0.1, 0.15) is 31.7 Å². The molecular formula is C12H17NO. The standard InChI is InChI=1S/C12H17NO/c1-2-3-11(13)7-4-10-5-8-12(14)9-6-10/h5-6,8-9,13-14H,2-4,7H2,1H3. The predicted molar refractivity (Wildman–Crippen MR) is 59.1 cm³/mol. The average molecular weight is 191 g/mol. The highest BCUT2D eigenvalue weighted by Crippen LogP contribution is 2.11. The molecule has 0 aliphatic carbocycles. The largest absolute Gasteiger partial charge is 0.508 e. The second-order valence-corrected chi connectivity index (χ2v) is 3.52. The van der Waals surface area contributed by atoms with E-state index in [0.29, 0.717) is 5.75 Å². The third-order valence-corrected chi connectivity index (χ3v) is 2.20. The van der Waals surface area contributed by atoms with Crippen LogP contribution in [0.25, 0.3) is 0 Å². The van der Waals surface area contributed by atoms with Gasteiger partial charge in [-0.05, 0) is 37.0 Å². The lowest BCUT2D eigenvalue weighted by Crippen LogP contribution is -1.97. The van der Waals surface area contributed by atoms with Gasteiger partial charge in [-0.25, -0.2) is 0 Å². The van der Waals surface area contributed by atoms with E-state index < -0.39 is 0 Å². The Morgan fingerprint density at radius 2 is 1.86 bits per heavy atom. The lowest BCUT2D eigenvalue weighted by atomic mass is 10.0. The fourth-order valence-electron chi connectivity index (χ4n) is 1.38. The first kappa shape index (κ1) is 10.8. The number of phenolic OH excluding ortho intramolecular Hbond substituents is 1. The molecule has 0 aromatic heterocycles. The Labute approximate surface area is 85.1 Å². The third kappa shape index (κ3) is 3.60. The number of hydrogen-bond acceptors (Lipinski definition) is 2. The van der Waals surface area contributed by atoms with Gasteiger partial charge in [-0.2, -0.15) is 0 Å². The van der Waals surface area contributed by atoms with Crippen LogP contribution in [-0.2, 0) is 6.42 Å². The minimum Gasteiger partial charge on any atom is -0.508 e. The fourth-order valence-corrected chi connectivity index (χ4v) is 1.38. The van der Waals surface area contributed by atoms with Crippen LogP contribution in [0, 0.1) is 5.41 Å². The predicted octanol–water partition coefficient (Wildman–Crippen LogP) is 3.14. The summed E-state index contributed by atoms with van der Waals surface area (Å²) in [7, 11) is 0. The third-order valence-electron chi connectivity index (χ3n) is 2.20. The SMILES string of the molecule is CCCC(=N)CCc1ccc(O)cc1. The summed E-state index contributed by atoms with van der Waals surface area (Å²) >= 11 is 0. The summed E-state index contributed by atoms with van der Waals surface area (Å²) < 4.78 is 0. The Morgan fingerprint density at radius 1 is 1.21 bits per heavy atom. The molecule has 2 nitrogen and oxygen atoms in total. The summed E-state index contributed by atoms with van der Waals surface area (Å²) in [5.41, 5.74) is 2.00. The molecule has 2 N–H and O–H groups in total. The Kier molecular flexibility index (Phi) is 4.17. The van der Waals surface area contributed by atoms with E-state index in [9.17, 15) is 0 Å². The van der Waals surface area contributed by atoms with Gasteiger partial charge >= 0.3 is 0 Å². The molecule has 0 fully saturated rings. The molecule has 14 heavy (non-hydrogen) atoms. The maximum Gasteiger partial charge on any atom is 0.115 e. The molecule has 0 radical (unpaired) electrons. The first-order valence-electron chi connectivity index (χ1n) is 5.06. The van der Waals surface area contributed by atoms with Gasteiger partial charge in [0.05, 0.1) is 0 Å². The smallest absolute Gasteiger partial charge is 0.115 e. The van der Waals surface area contributed by atoms with Crippen molar-refractivity contribution in [2.75, 3.05) is 0 Å². The van der Waals surface area contributed by atoms with E-state index in [0.717, 1.165) is 31.4 Å². The summed E-state index contributed by atoms with van der Waals surface area (Å²) in [5, 5.41) is 16.7. The zero-order valence-corrected chi connectivity index (χ0v) is 8.59. The van der Waals surface area contributed by atoms with Crippen molar-refractivity contribution in [1.82, 2.24) is 0 Å². The highest BCUT2D eigenvalue weighted by molar-refractivity contribution is 5.81. The summed E-state index contributed by atoms with van der Waals surface area (Å²) in [5.74, 6) is 0.303. The summed E-state index contributed by atoms with van der Waals surface area (Å²) in [6.45, 7) is 2.09. The van der Waals surface area contributed by atoms with E-state index in [4.69, 9.17) is 10.5 Å². The lowest BCUT2D eigenvalue weighted by molar-refractivity contribution is 0.475. The van der Waals surface area contributed by atoms with Gasteiger partial charge in [0.25, 0.3) is 0 Å². The summed E-state index contributed by atoms with van der Waals surface area (Å²) in [6, 6.07) is 7.21. The average Bonchev–Trinajstić information content (AvgIpc) is 2.17. The Hall–Kier alpha value is -1.31. The number of rotatable bonds is 5. The number of benzene rings is 1. The maximum atomic E-state index is 9.08. The molecule has 0 aliphatic heterocycles. The molecule has 0 spiro atoms. The monoisotopic (exact) mass is 191 g/mol. The molecule has 0 bridgehead atoms. The van der Waals surface area contributed by atoms with Gasteiger partial charge in [-0.1, -0.05) is 25.5 Å². The van der Waals surface area contributed by atoms with Gasteiger partial charge in [0.1, 0.15) is 5.75 Å². The van der Waals surface area contributed by atoms with Crippen LogP contribution in [0.5, 0.6) is 5.75 Å². The van der Waals surface area contributed by atoms with E-state index in [1.165, 1.54) is 5.56 Å². The van der Waals surface area contributed by atoms with Crippen LogP contribution in [0.3, 0.4) is 0 Å². The lowest BCUT2D eigenvalue weighted by Gasteiger charge is -2.02. The van der Waals surface area contributed by atoms with Crippen molar-refractivity contribution >= 4 is 5.71 Å². The number of aryl methyl sites for hydroxylation is 1. The molecule has 0 saturated heterocycles. The minimum absolute atomic E-state index is 0.303. The fraction of sp³-hybridized carbons (Fsp3) is 0.417. The van der Waals surface area contributed by atoms with Crippen molar-refractivity contribution in [3.8, 4) is 5.75 Å². The van der Waals surface area contributed by atoms with Gasteiger partial charge in [0, 0.05) is 5.71 Å². The quantitative estimate of drug-likeness (QED) is 0.690. The summed E-state index contributed by atoms with van der Waals surface area (Å²) in [4.78, 5) is 0. The number of nitrogens with one attached hydrogen (secondary N) is 1. The van der Waals surface area contributed by atoms with Crippen molar-refractivity contribution in [3.63, 3.8) is 0 Å². The Morgan fingerprint density at radius 3 is 2.43 bits per heavy atom. The molecule has 0 amide bonds. The van der Waals surface area contributed by atoms with Crippen molar-refractivity contribution in [2.45, 2.75) is 32.6 Å². The van der Waals surface area contributed by atoms with E-state index >= 15 is 0 Å². The molecular weight excluding hydrogens is 174 g/mol. The Balaban J connectivity index is 2.38. The van der Waals surface area contributed by atoms with E-state index in [-0.39, 0.29) is 0 Å². The highest BCUT2D eigenvalue weighted by Gasteiger charge is 1.97. The van der Waals surface area contributed by atoms with Crippen molar-refractivity contribution in [2.24, 2.45) is 0 Å².